The van der Waals surface area contributed by atoms with Crippen LogP contribution in [0.3, 0.4) is 0 Å². The van der Waals surface area contributed by atoms with Crippen LogP contribution in [0.2, 0.25) is 0 Å². The van der Waals surface area contributed by atoms with Crippen LogP contribution in [-0.4, -0.2) is 12.5 Å². The molecule has 0 radical (unpaired) electrons. The summed E-state index contributed by atoms with van der Waals surface area (Å²) in [7, 11) is 0. The molecule has 96 valence electrons. The van der Waals surface area contributed by atoms with Gasteiger partial charge in [0.15, 0.2) is 0 Å². The highest BCUT2D eigenvalue weighted by molar-refractivity contribution is 5.91. The third-order valence-electron chi connectivity index (χ3n) is 2.60. The van der Waals surface area contributed by atoms with Crippen LogP contribution in [0.5, 0.6) is 0 Å². The zero-order valence-corrected chi connectivity index (χ0v) is 11.0. The minimum atomic E-state index is 0.0592. The Bertz CT molecular complexity index is 469. The van der Waals surface area contributed by atoms with Crippen molar-refractivity contribution < 1.29 is 4.79 Å². The second kappa shape index (κ2) is 7.52. The molecule has 18 heavy (non-hydrogen) atoms. The molecule has 0 aromatic heterocycles. The van der Waals surface area contributed by atoms with Gasteiger partial charge in [-0.2, -0.15) is 0 Å². The largest absolute Gasteiger partial charge is 0.326 e. The predicted molar refractivity (Wildman–Crippen MR) is 75.3 cm³/mol. The maximum Gasteiger partial charge on any atom is 0.224 e. The molecule has 0 fully saturated rings. The van der Waals surface area contributed by atoms with E-state index in [0.29, 0.717) is 13.0 Å². The number of carbonyl (C=O) groups is 1. The maximum atomic E-state index is 11.7. The number of benzene rings is 1. The lowest BCUT2D eigenvalue weighted by Crippen LogP contribution is -2.12. The molecule has 3 nitrogen and oxygen atoms in total. The van der Waals surface area contributed by atoms with E-state index in [-0.39, 0.29) is 5.91 Å². The number of rotatable bonds is 4. The van der Waals surface area contributed by atoms with Crippen molar-refractivity contribution in [2.75, 3.05) is 11.9 Å². The number of amides is 1. The summed E-state index contributed by atoms with van der Waals surface area (Å²) < 4.78 is 0. The summed E-state index contributed by atoms with van der Waals surface area (Å²) >= 11 is 0. The fourth-order valence-electron chi connectivity index (χ4n) is 1.54. The van der Waals surface area contributed by atoms with Crippen molar-refractivity contribution in [1.29, 1.82) is 0 Å². The molecule has 1 aromatic rings. The van der Waals surface area contributed by atoms with Crippen molar-refractivity contribution in [3.63, 3.8) is 0 Å². The molecule has 0 aliphatic carbocycles. The van der Waals surface area contributed by atoms with Crippen molar-refractivity contribution in [3.05, 3.63) is 29.3 Å². The quantitative estimate of drug-likeness (QED) is 0.799. The molecule has 1 aromatic carbocycles. The Labute approximate surface area is 109 Å². The van der Waals surface area contributed by atoms with E-state index in [4.69, 9.17) is 5.73 Å². The number of hydrogen-bond donors (Lipinski definition) is 2. The van der Waals surface area contributed by atoms with Gasteiger partial charge < -0.3 is 11.1 Å². The molecule has 3 N–H and O–H groups in total. The number of unbranched alkanes of at least 4 members (excludes halogenated alkanes) is 1. The van der Waals surface area contributed by atoms with E-state index in [1.165, 1.54) is 0 Å². The van der Waals surface area contributed by atoms with Gasteiger partial charge in [-0.3, -0.25) is 4.79 Å². The highest BCUT2D eigenvalue weighted by Crippen LogP contribution is 2.17. The van der Waals surface area contributed by atoms with Gasteiger partial charge in [0.05, 0.1) is 6.54 Å². The predicted octanol–water partition coefficient (Wildman–Crippen LogP) is 2.43. The number of nitrogens with one attached hydrogen (secondary N) is 1. The topological polar surface area (TPSA) is 55.1 Å². The van der Waals surface area contributed by atoms with E-state index in [2.05, 4.69) is 24.1 Å². The Morgan fingerprint density at radius 3 is 2.89 bits per heavy atom. The van der Waals surface area contributed by atoms with Gasteiger partial charge in [0.2, 0.25) is 5.91 Å². The van der Waals surface area contributed by atoms with Crippen LogP contribution >= 0.6 is 0 Å². The second-order valence-corrected chi connectivity index (χ2v) is 4.19. The molecule has 3 heteroatoms. The third kappa shape index (κ3) is 4.60. The Balaban J connectivity index is 2.77. The summed E-state index contributed by atoms with van der Waals surface area (Å²) in [6, 6.07) is 5.78. The standard InChI is InChI=1S/C15H20N2O/c1-3-4-7-15(18)17-14-11-13(6-5-10-16)9-8-12(14)2/h8-9,11H,3-4,7,10,16H2,1-2H3,(H,17,18). The smallest absolute Gasteiger partial charge is 0.224 e. The van der Waals surface area contributed by atoms with Gasteiger partial charge in [-0.05, 0) is 31.0 Å². The molecule has 0 saturated carbocycles. The average molecular weight is 244 g/mol. The first-order valence-corrected chi connectivity index (χ1v) is 6.26. The summed E-state index contributed by atoms with van der Waals surface area (Å²) in [5, 5.41) is 2.92. The van der Waals surface area contributed by atoms with E-state index in [1.807, 2.05) is 25.1 Å². The Kier molecular flexibility index (Phi) is 5.96. The van der Waals surface area contributed by atoms with Gasteiger partial charge >= 0.3 is 0 Å². The summed E-state index contributed by atoms with van der Waals surface area (Å²) in [5.41, 5.74) is 8.08. The summed E-state index contributed by atoms with van der Waals surface area (Å²) in [5.74, 6) is 5.83. The third-order valence-corrected chi connectivity index (χ3v) is 2.60. The minimum absolute atomic E-state index is 0.0592. The molecule has 0 unspecified atom stereocenters. The summed E-state index contributed by atoms with van der Waals surface area (Å²) in [6.45, 7) is 4.38. The van der Waals surface area contributed by atoms with Crippen molar-refractivity contribution in [2.24, 2.45) is 5.73 Å². The molecule has 0 bridgehead atoms. The number of hydrogen-bond acceptors (Lipinski definition) is 2. The first-order chi connectivity index (χ1) is 8.67. The molecule has 0 heterocycles. The van der Waals surface area contributed by atoms with Gasteiger partial charge in [0.1, 0.15) is 0 Å². The van der Waals surface area contributed by atoms with Gasteiger partial charge in [-0.15, -0.1) is 0 Å². The monoisotopic (exact) mass is 244 g/mol. The number of carbonyl (C=O) groups excluding carboxylic acids is 1. The van der Waals surface area contributed by atoms with Crippen LogP contribution in [-0.2, 0) is 4.79 Å². The van der Waals surface area contributed by atoms with Crippen LogP contribution in [0, 0.1) is 18.8 Å². The van der Waals surface area contributed by atoms with E-state index >= 15 is 0 Å². The van der Waals surface area contributed by atoms with E-state index in [9.17, 15) is 4.79 Å². The number of anilines is 1. The van der Waals surface area contributed by atoms with Crippen molar-refractivity contribution in [1.82, 2.24) is 0 Å². The normalized spacial score (nSPS) is 9.50. The molecule has 1 rings (SSSR count). The Morgan fingerprint density at radius 2 is 2.22 bits per heavy atom. The summed E-state index contributed by atoms with van der Waals surface area (Å²) in [4.78, 5) is 11.7. The van der Waals surface area contributed by atoms with Gasteiger partial charge in [0, 0.05) is 17.7 Å². The molecule has 0 aliphatic heterocycles. The maximum absolute atomic E-state index is 11.7. The zero-order valence-electron chi connectivity index (χ0n) is 11.0. The molecule has 0 spiro atoms. The molecular weight excluding hydrogens is 224 g/mol. The van der Waals surface area contributed by atoms with Crippen molar-refractivity contribution in [3.8, 4) is 11.8 Å². The van der Waals surface area contributed by atoms with Crippen molar-refractivity contribution >= 4 is 11.6 Å². The van der Waals surface area contributed by atoms with Crippen LogP contribution in [0.1, 0.15) is 37.3 Å². The highest BCUT2D eigenvalue weighted by atomic mass is 16.1. The average Bonchev–Trinajstić information content (AvgIpc) is 2.37. The molecule has 0 atom stereocenters. The van der Waals surface area contributed by atoms with Gasteiger partial charge in [-0.25, -0.2) is 0 Å². The van der Waals surface area contributed by atoms with Crippen molar-refractivity contribution in [2.45, 2.75) is 33.1 Å². The SMILES string of the molecule is CCCCC(=O)Nc1cc(C#CCN)ccc1C. The first kappa shape index (κ1) is 14.3. The second-order valence-electron chi connectivity index (χ2n) is 4.19. The van der Waals surface area contributed by atoms with Crippen LogP contribution in [0.25, 0.3) is 0 Å². The lowest BCUT2D eigenvalue weighted by atomic mass is 10.1. The van der Waals surface area contributed by atoms with Crippen LogP contribution in [0.4, 0.5) is 5.69 Å². The minimum Gasteiger partial charge on any atom is -0.326 e. The molecule has 0 saturated heterocycles. The lowest BCUT2D eigenvalue weighted by molar-refractivity contribution is -0.116. The Morgan fingerprint density at radius 1 is 1.44 bits per heavy atom. The lowest BCUT2D eigenvalue weighted by Gasteiger charge is -2.08. The van der Waals surface area contributed by atoms with Gasteiger partial charge in [0.25, 0.3) is 0 Å². The van der Waals surface area contributed by atoms with E-state index in [0.717, 1.165) is 29.7 Å². The van der Waals surface area contributed by atoms with Crippen LogP contribution in [0.15, 0.2) is 18.2 Å². The molecule has 0 aliphatic rings. The molecular formula is C15H20N2O. The summed E-state index contributed by atoms with van der Waals surface area (Å²) in [6.07, 6.45) is 2.50. The number of aryl methyl sites for hydroxylation is 1. The Hall–Kier alpha value is -1.79. The van der Waals surface area contributed by atoms with Crippen LogP contribution < -0.4 is 11.1 Å². The van der Waals surface area contributed by atoms with E-state index in [1.54, 1.807) is 0 Å². The first-order valence-electron chi connectivity index (χ1n) is 6.26. The van der Waals surface area contributed by atoms with E-state index < -0.39 is 0 Å². The zero-order chi connectivity index (χ0) is 13.4. The molecule has 1 amide bonds. The fraction of sp³-hybridized carbons (Fsp3) is 0.400. The van der Waals surface area contributed by atoms with Gasteiger partial charge in [-0.1, -0.05) is 31.3 Å². The highest BCUT2D eigenvalue weighted by Gasteiger charge is 2.04. The number of nitrogens with two attached hydrogens (primary N) is 1. The fourth-order valence-corrected chi connectivity index (χ4v) is 1.54.